The van der Waals surface area contributed by atoms with Crippen LogP contribution in [-0.4, -0.2) is 66.9 Å². The molecule has 0 aromatic heterocycles. The predicted molar refractivity (Wildman–Crippen MR) is 109 cm³/mol. The number of urea groups is 1. The monoisotopic (exact) mass is 412 g/mol. The van der Waals surface area contributed by atoms with Crippen molar-refractivity contribution in [2.24, 2.45) is 17.6 Å². The van der Waals surface area contributed by atoms with Gasteiger partial charge in [-0.2, -0.15) is 0 Å². The number of unbranched alkanes of at least 4 members (excludes halogenated alkanes) is 1. The first kappa shape index (κ1) is 22.4. The average Bonchev–Trinajstić information content (AvgIpc) is 3.18. The maximum atomic E-state index is 13.8. The third-order valence-corrected chi connectivity index (χ3v) is 5.68. The molecule has 0 aliphatic carbocycles. The van der Waals surface area contributed by atoms with Crippen molar-refractivity contribution in [3.05, 3.63) is 35.6 Å². The van der Waals surface area contributed by atoms with Crippen molar-refractivity contribution < 1.29 is 14.0 Å². The molecule has 8 heteroatoms. The Labute approximate surface area is 172 Å². The van der Waals surface area contributed by atoms with E-state index in [4.69, 9.17) is 5.73 Å². The van der Waals surface area contributed by atoms with Crippen molar-refractivity contribution in [3.8, 4) is 0 Å². The Bertz CT molecular complexity index is 703. The normalized spacial score (nSPS) is 23.4. The van der Waals surface area contributed by atoms with Crippen molar-refractivity contribution in [1.82, 2.24) is 14.7 Å². The van der Waals surface area contributed by atoms with Gasteiger partial charge in [0.2, 0.25) is 5.91 Å². The molecule has 3 atom stereocenters. The van der Waals surface area contributed by atoms with Gasteiger partial charge in [0.1, 0.15) is 5.82 Å². The Kier molecular flexibility index (Phi) is 7.66. The first-order valence-corrected chi connectivity index (χ1v) is 9.63. The second-order valence-electron chi connectivity index (χ2n) is 7.80. The highest BCUT2D eigenvalue weighted by molar-refractivity contribution is 5.85. The minimum absolute atomic E-state index is 0. The van der Waals surface area contributed by atoms with Crippen LogP contribution in [0, 0.1) is 17.7 Å². The zero-order valence-electron chi connectivity index (χ0n) is 16.5. The number of carbonyl (C=O) groups excluding carboxylic acids is 2. The third-order valence-electron chi connectivity index (χ3n) is 5.68. The number of hydrogen-bond donors (Lipinski definition) is 1. The lowest BCUT2D eigenvalue weighted by Crippen LogP contribution is -2.42. The van der Waals surface area contributed by atoms with Crippen LogP contribution in [-0.2, 0) is 4.79 Å². The Morgan fingerprint density at radius 1 is 1.21 bits per heavy atom. The fourth-order valence-electron chi connectivity index (χ4n) is 4.40. The molecule has 2 aliphatic rings. The van der Waals surface area contributed by atoms with Crippen LogP contribution in [0.3, 0.4) is 0 Å². The van der Waals surface area contributed by atoms with Gasteiger partial charge < -0.3 is 20.4 Å². The third kappa shape index (κ3) is 4.58. The van der Waals surface area contributed by atoms with E-state index >= 15 is 0 Å². The van der Waals surface area contributed by atoms with Gasteiger partial charge in [-0.25, -0.2) is 9.18 Å². The standard InChI is InChI=1S/C20H29FN4O2.ClH/c1-23(2)20(27)25-12-15-11-24(18(26)8-3-4-9-22)13-17(15)19(25)14-6-5-7-16(21)10-14;/h5-7,10,15,17,19H,3-4,8-9,11-13,22H2,1-2H3;1H/t15-,17-,19-;/m1./s1. The summed E-state index contributed by atoms with van der Waals surface area (Å²) < 4.78 is 13.8. The predicted octanol–water partition coefficient (Wildman–Crippen LogP) is 2.49. The van der Waals surface area contributed by atoms with E-state index in [1.54, 1.807) is 25.1 Å². The molecular weight excluding hydrogens is 383 g/mol. The largest absolute Gasteiger partial charge is 0.342 e. The van der Waals surface area contributed by atoms with Gasteiger partial charge in [-0.1, -0.05) is 12.1 Å². The highest BCUT2D eigenvalue weighted by Gasteiger charge is 2.50. The van der Waals surface area contributed by atoms with Crippen LogP contribution in [0.5, 0.6) is 0 Å². The fraction of sp³-hybridized carbons (Fsp3) is 0.600. The molecular formula is C20H30ClFN4O2. The highest BCUT2D eigenvalue weighted by Crippen LogP contribution is 2.45. The molecule has 28 heavy (non-hydrogen) atoms. The van der Waals surface area contributed by atoms with E-state index in [9.17, 15) is 14.0 Å². The number of nitrogens with two attached hydrogens (primary N) is 1. The summed E-state index contributed by atoms with van der Waals surface area (Å²) in [4.78, 5) is 30.5. The molecule has 1 aromatic rings. The Hall–Kier alpha value is -1.86. The van der Waals surface area contributed by atoms with Gasteiger partial charge in [-0.05, 0) is 37.1 Å². The van der Waals surface area contributed by atoms with Crippen molar-refractivity contribution in [2.75, 3.05) is 40.3 Å². The molecule has 2 fully saturated rings. The first-order valence-electron chi connectivity index (χ1n) is 9.63. The summed E-state index contributed by atoms with van der Waals surface area (Å²) in [6.45, 7) is 2.47. The van der Waals surface area contributed by atoms with Gasteiger partial charge in [0.15, 0.2) is 0 Å². The SMILES string of the molecule is CN(C)C(=O)N1C[C@H]2CN(C(=O)CCCCN)C[C@H]2[C@H]1c1cccc(F)c1.Cl. The molecule has 0 saturated carbocycles. The summed E-state index contributed by atoms with van der Waals surface area (Å²) in [7, 11) is 3.46. The van der Waals surface area contributed by atoms with Crippen LogP contribution in [0.4, 0.5) is 9.18 Å². The van der Waals surface area contributed by atoms with Crippen LogP contribution in [0.15, 0.2) is 24.3 Å². The molecule has 0 unspecified atom stereocenters. The lowest BCUT2D eigenvalue weighted by Gasteiger charge is -2.32. The Balaban J connectivity index is 0.00000280. The lowest BCUT2D eigenvalue weighted by atomic mass is 9.89. The number of benzene rings is 1. The minimum atomic E-state index is -0.305. The second kappa shape index (κ2) is 9.56. The van der Waals surface area contributed by atoms with Crippen LogP contribution in [0.25, 0.3) is 0 Å². The van der Waals surface area contributed by atoms with E-state index in [0.29, 0.717) is 32.6 Å². The van der Waals surface area contributed by atoms with Crippen LogP contribution in [0.1, 0.15) is 30.9 Å². The number of halogens is 2. The number of amides is 3. The summed E-state index contributed by atoms with van der Waals surface area (Å²) >= 11 is 0. The van der Waals surface area contributed by atoms with Crippen molar-refractivity contribution in [1.29, 1.82) is 0 Å². The smallest absolute Gasteiger partial charge is 0.320 e. The number of rotatable bonds is 5. The van der Waals surface area contributed by atoms with E-state index < -0.39 is 0 Å². The number of nitrogens with zero attached hydrogens (tertiary/aromatic N) is 3. The lowest BCUT2D eigenvalue weighted by molar-refractivity contribution is -0.130. The number of fused-ring (bicyclic) bond motifs is 1. The summed E-state index contributed by atoms with van der Waals surface area (Å²) in [5.41, 5.74) is 6.31. The quantitative estimate of drug-likeness (QED) is 0.755. The highest BCUT2D eigenvalue weighted by atomic mass is 35.5. The number of hydrogen-bond acceptors (Lipinski definition) is 3. The Morgan fingerprint density at radius 2 is 1.96 bits per heavy atom. The summed E-state index contributed by atoms with van der Waals surface area (Å²) in [5, 5.41) is 0. The van der Waals surface area contributed by atoms with Crippen molar-refractivity contribution in [3.63, 3.8) is 0 Å². The Morgan fingerprint density at radius 3 is 2.61 bits per heavy atom. The van der Waals surface area contributed by atoms with Gasteiger partial charge in [-0.15, -0.1) is 12.4 Å². The summed E-state index contributed by atoms with van der Waals surface area (Å²) in [5.74, 6) is 0.206. The molecule has 156 valence electrons. The zero-order valence-corrected chi connectivity index (χ0v) is 17.3. The summed E-state index contributed by atoms with van der Waals surface area (Å²) in [6.07, 6.45) is 2.17. The van der Waals surface area contributed by atoms with E-state index in [0.717, 1.165) is 18.4 Å². The molecule has 2 N–H and O–H groups in total. The molecule has 0 bridgehead atoms. The molecule has 2 heterocycles. The van der Waals surface area contributed by atoms with Gasteiger partial charge >= 0.3 is 6.03 Å². The number of carbonyl (C=O) groups is 2. The minimum Gasteiger partial charge on any atom is -0.342 e. The molecule has 1 aromatic carbocycles. The van der Waals surface area contributed by atoms with E-state index in [1.165, 1.54) is 12.1 Å². The number of likely N-dealkylation sites (tertiary alicyclic amines) is 2. The molecule has 3 amide bonds. The average molecular weight is 413 g/mol. The van der Waals surface area contributed by atoms with Crippen LogP contribution < -0.4 is 5.73 Å². The molecule has 2 saturated heterocycles. The second-order valence-corrected chi connectivity index (χ2v) is 7.80. The molecule has 0 spiro atoms. The maximum Gasteiger partial charge on any atom is 0.320 e. The van der Waals surface area contributed by atoms with Crippen molar-refractivity contribution in [2.45, 2.75) is 25.3 Å². The van der Waals surface area contributed by atoms with Gasteiger partial charge in [0, 0.05) is 52.0 Å². The van der Waals surface area contributed by atoms with Crippen LogP contribution in [0.2, 0.25) is 0 Å². The molecule has 6 nitrogen and oxygen atoms in total. The fourth-order valence-corrected chi connectivity index (χ4v) is 4.40. The maximum absolute atomic E-state index is 13.8. The van der Waals surface area contributed by atoms with Crippen LogP contribution >= 0.6 is 12.4 Å². The van der Waals surface area contributed by atoms with E-state index in [-0.39, 0.29) is 48.0 Å². The summed E-state index contributed by atoms with van der Waals surface area (Å²) in [6, 6.07) is 6.20. The van der Waals surface area contributed by atoms with E-state index in [2.05, 4.69) is 0 Å². The topological polar surface area (TPSA) is 69.9 Å². The zero-order chi connectivity index (χ0) is 19.6. The van der Waals surface area contributed by atoms with Gasteiger partial charge in [0.05, 0.1) is 6.04 Å². The van der Waals surface area contributed by atoms with Crippen molar-refractivity contribution >= 4 is 24.3 Å². The molecule has 2 aliphatic heterocycles. The van der Waals surface area contributed by atoms with E-state index in [1.807, 2.05) is 15.9 Å². The van der Waals surface area contributed by atoms with Gasteiger partial charge in [-0.3, -0.25) is 4.79 Å². The first-order chi connectivity index (χ1) is 12.9. The molecule has 0 radical (unpaired) electrons. The van der Waals surface area contributed by atoms with Gasteiger partial charge in [0.25, 0.3) is 0 Å². The molecule has 3 rings (SSSR count).